The largest absolute Gasteiger partial charge is 0.469 e. The molecular formula is C17H21NO3. The van der Waals surface area contributed by atoms with E-state index in [1.165, 1.54) is 18.2 Å². The van der Waals surface area contributed by atoms with Gasteiger partial charge in [0.25, 0.3) is 0 Å². The number of fused-ring (bicyclic) bond motifs is 2. The van der Waals surface area contributed by atoms with Gasteiger partial charge in [0.15, 0.2) is 0 Å². The second-order valence-corrected chi connectivity index (χ2v) is 6.61. The number of methoxy groups -OCH3 is 1. The van der Waals surface area contributed by atoms with Crippen LogP contribution in [0.15, 0.2) is 24.3 Å². The van der Waals surface area contributed by atoms with Crippen molar-refractivity contribution in [2.24, 2.45) is 11.3 Å². The molecule has 0 bridgehead atoms. The van der Waals surface area contributed by atoms with E-state index in [9.17, 15) is 9.59 Å². The van der Waals surface area contributed by atoms with Crippen molar-refractivity contribution in [1.82, 2.24) is 4.90 Å². The minimum Gasteiger partial charge on any atom is -0.469 e. The quantitative estimate of drug-likeness (QED) is 0.783. The Hall–Kier alpha value is -1.84. The van der Waals surface area contributed by atoms with Crippen molar-refractivity contribution >= 4 is 11.9 Å². The molecule has 0 N–H and O–H groups in total. The summed E-state index contributed by atoms with van der Waals surface area (Å²) >= 11 is 0. The molecule has 4 heteroatoms. The van der Waals surface area contributed by atoms with E-state index in [0.717, 1.165) is 6.42 Å². The molecule has 0 aromatic heterocycles. The average Bonchev–Trinajstić information content (AvgIpc) is 2.66. The predicted molar refractivity (Wildman–Crippen MR) is 78.4 cm³/mol. The summed E-state index contributed by atoms with van der Waals surface area (Å²) in [7, 11) is 1.37. The average molecular weight is 287 g/mol. The van der Waals surface area contributed by atoms with Gasteiger partial charge in [-0.3, -0.25) is 9.59 Å². The number of esters is 1. The van der Waals surface area contributed by atoms with E-state index in [-0.39, 0.29) is 35.7 Å². The van der Waals surface area contributed by atoms with Gasteiger partial charge in [-0.15, -0.1) is 0 Å². The maximum absolute atomic E-state index is 12.7. The fraction of sp³-hybridized carbons (Fsp3) is 0.529. The van der Waals surface area contributed by atoms with Gasteiger partial charge in [0.05, 0.1) is 19.4 Å². The molecule has 1 aromatic rings. The zero-order valence-corrected chi connectivity index (χ0v) is 12.8. The number of carbonyl (C=O) groups excluding carboxylic acids is 2. The van der Waals surface area contributed by atoms with Crippen molar-refractivity contribution in [3.05, 3.63) is 35.4 Å². The van der Waals surface area contributed by atoms with Crippen LogP contribution in [0, 0.1) is 11.3 Å². The molecule has 2 aliphatic heterocycles. The Balaban J connectivity index is 1.92. The normalized spacial score (nSPS) is 26.2. The van der Waals surface area contributed by atoms with Gasteiger partial charge >= 0.3 is 5.97 Å². The molecule has 1 fully saturated rings. The van der Waals surface area contributed by atoms with Crippen LogP contribution in [0.4, 0.5) is 0 Å². The number of amides is 1. The van der Waals surface area contributed by atoms with Gasteiger partial charge in [-0.05, 0) is 23.0 Å². The highest BCUT2D eigenvalue weighted by atomic mass is 16.5. The van der Waals surface area contributed by atoms with Crippen LogP contribution in [0.3, 0.4) is 0 Å². The third-order valence-corrected chi connectivity index (χ3v) is 5.19. The molecule has 0 radical (unpaired) electrons. The first-order valence-electron chi connectivity index (χ1n) is 7.39. The lowest BCUT2D eigenvalue weighted by Gasteiger charge is -2.38. The topological polar surface area (TPSA) is 46.6 Å². The summed E-state index contributed by atoms with van der Waals surface area (Å²) in [6.45, 7) is 4.84. The fourth-order valence-corrected chi connectivity index (χ4v) is 3.77. The number of nitrogens with zero attached hydrogens (tertiary/aromatic N) is 1. The Labute approximate surface area is 125 Å². The molecule has 1 unspecified atom stereocenters. The van der Waals surface area contributed by atoms with Crippen LogP contribution in [0.1, 0.15) is 31.4 Å². The Kier molecular flexibility index (Phi) is 3.27. The summed E-state index contributed by atoms with van der Waals surface area (Å²) in [6, 6.07) is 8.44. The molecule has 21 heavy (non-hydrogen) atoms. The van der Waals surface area contributed by atoms with E-state index >= 15 is 0 Å². The lowest BCUT2D eigenvalue weighted by molar-refractivity contribution is -0.145. The van der Waals surface area contributed by atoms with Crippen LogP contribution < -0.4 is 0 Å². The van der Waals surface area contributed by atoms with E-state index in [1.54, 1.807) is 0 Å². The molecule has 2 atom stereocenters. The summed E-state index contributed by atoms with van der Waals surface area (Å²) in [5.41, 5.74) is 2.31. The molecule has 1 aromatic carbocycles. The van der Waals surface area contributed by atoms with Crippen LogP contribution in [0.2, 0.25) is 0 Å². The van der Waals surface area contributed by atoms with E-state index < -0.39 is 0 Å². The molecule has 0 saturated carbocycles. The lowest BCUT2D eigenvalue weighted by atomic mass is 9.72. The summed E-state index contributed by atoms with van der Waals surface area (Å²) < 4.78 is 4.76. The monoisotopic (exact) mass is 287 g/mol. The zero-order valence-electron chi connectivity index (χ0n) is 12.8. The number of carbonyl (C=O) groups is 2. The predicted octanol–water partition coefficient (Wildman–Crippen LogP) is 2.16. The maximum atomic E-state index is 12.7. The summed E-state index contributed by atoms with van der Waals surface area (Å²) in [5.74, 6) is -0.507. The molecule has 1 amide bonds. The Bertz CT molecular complexity index is 593. The van der Waals surface area contributed by atoms with Crippen LogP contribution in [0.5, 0.6) is 0 Å². The van der Waals surface area contributed by atoms with Crippen molar-refractivity contribution in [1.29, 1.82) is 0 Å². The highest BCUT2D eigenvalue weighted by molar-refractivity contribution is 5.87. The third kappa shape index (κ3) is 2.13. The molecule has 112 valence electrons. The number of hydrogen-bond acceptors (Lipinski definition) is 3. The lowest BCUT2D eigenvalue weighted by Crippen LogP contribution is -2.42. The standard InChI is InChI=1S/C17H21NO3/c1-17(2)13(9-15(19)21-3)16(20)18-10-12-7-5-4-6-11(12)8-14(17)18/h4-7,13-14H,8-10H2,1-3H3/t13?,14-/m0/s1. The molecule has 3 rings (SSSR count). The van der Waals surface area contributed by atoms with Crippen molar-refractivity contribution in [2.75, 3.05) is 7.11 Å². The first kappa shape index (κ1) is 14.1. The molecule has 2 aliphatic rings. The van der Waals surface area contributed by atoms with Crippen LogP contribution in [-0.4, -0.2) is 29.9 Å². The fourth-order valence-electron chi connectivity index (χ4n) is 3.77. The van der Waals surface area contributed by atoms with Gasteiger partial charge in [-0.2, -0.15) is 0 Å². The first-order chi connectivity index (χ1) is 9.95. The summed E-state index contributed by atoms with van der Waals surface area (Å²) in [4.78, 5) is 26.3. The molecule has 4 nitrogen and oxygen atoms in total. The van der Waals surface area contributed by atoms with E-state index in [2.05, 4.69) is 26.0 Å². The number of ether oxygens (including phenoxy) is 1. The van der Waals surface area contributed by atoms with Gasteiger partial charge in [0.1, 0.15) is 0 Å². The minimum absolute atomic E-state index is 0.0879. The van der Waals surface area contributed by atoms with Gasteiger partial charge in [-0.25, -0.2) is 0 Å². The minimum atomic E-state index is -0.307. The molecule has 0 aliphatic carbocycles. The third-order valence-electron chi connectivity index (χ3n) is 5.19. The van der Waals surface area contributed by atoms with E-state index in [4.69, 9.17) is 4.74 Å². The zero-order chi connectivity index (χ0) is 15.2. The summed E-state index contributed by atoms with van der Waals surface area (Å²) in [6.07, 6.45) is 1.04. The smallest absolute Gasteiger partial charge is 0.306 e. The van der Waals surface area contributed by atoms with Crippen LogP contribution in [0.25, 0.3) is 0 Å². The highest BCUT2D eigenvalue weighted by Gasteiger charge is 2.55. The SMILES string of the molecule is COC(=O)CC1C(=O)N2Cc3ccccc3C[C@H]2C1(C)C. The van der Waals surface area contributed by atoms with Gasteiger partial charge < -0.3 is 9.64 Å². The Morgan fingerprint density at radius 3 is 2.67 bits per heavy atom. The molecule has 1 saturated heterocycles. The van der Waals surface area contributed by atoms with Crippen LogP contribution >= 0.6 is 0 Å². The first-order valence-corrected chi connectivity index (χ1v) is 7.39. The van der Waals surface area contributed by atoms with Gasteiger partial charge in [-0.1, -0.05) is 38.1 Å². The molecular weight excluding hydrogens is 266 g/mol. The van der Waals surface area contributed by atoms with E-state index in [0.29, 0.717) is 6.54 Å². The van der Waals surface area contributed by atoms with Gasteiger partial charge in [0.2, 0.25) is 5.91 Å². The second kappa shape index (κ2) is 4.86. The van der Waals surface area contributed by atoms with Crippen LogP contribution in [-0.2, 0) is 27.3 Å². The molecule has 2 heterocycles. The maximum Gasteiger partial charge on any atom is 0.306 e. The van der Waals surface area contributed by atoms with Gasteiger partial charge in [0, 0.05) is 12.6 Å². The van der Waals surface area contributed by atoms with Crippen molar-refractivity contribution in [2.45, 2.75) is 39.3 Å². The van der Waals surface area contributed by atoms with E-state index in [1.807, 2.05) is 17.0 Å². The number of hydrogen-bond donors (Lipinski definition) is 0. The van der Waals surface area contributed by atoms with Crippen molar-refractivity contribution in [3.63, 3.8) is 0 Å². The summed E-state index contributed by atoms with van der Waals surface area (Å²) in [5, 5.41) is 0. The number of rotatable bonds is 2. The Morgan fingerprint density at radius 2 is 2.00 bits per heavy atom. The highest BCUT2D eigenvalue weighted by Crippen LogP contribution is 2.47. The Morgan fingerprint density at radius 1 is 1.33 bits per heavy atom. The number of benzene rings is 1. The van der Waals surface area contributed by atoms with Crippen molar-refractivity contribution in [3.8, 4) is 0 Å². The second-order valence-electron chi connectivity index (χ2n) is 6.61. The molecule has 0 spiro atoms. The van der Waals surface area contributed by atoms with Crippen molar-refractivity contribution < 1.29 is 14.3 Å².